The highest BCUT2D eigenvalue weighted by atomic mass is 16.4. The predicted octanol–water partition coefficient (Wildman–Crippen LogP) is 7.25. The molecule has 0 fully saturated rings. The average molecular weight is 369 g/mol. The topological polar surface area (TPSA) is 37.3 Å². The van der Waals surface area contributed by atoms with Crippen molar-refractivity contribution in [2.45, 2.75) is 73.6 Å². The number of hydrogen-bond donors (Lipinski definition) is 1. The Balaban J connectivity index is 0.000000646. The minimum atomic E-state index is -0.786. The smallest absolute Gasteiger partial charge is 0.310 e. The van der Waals surface area contributed by atoms with Gasteiger partial charge in [-0.15, -0.1) is 0 Å². The zero-order valence-electron chi connectivity index (χ0n) is 18.1. The maximum absolute atomic E-state index is 11.3. The van der Waals surface area contributed by atoms with Gasteiger partial charge in [-0.25, -0.2) is 0 Å². The Morgan fingerprint density at radius 2 is 1.67 bits per heavy atom. The number of rotatable bonds is 6. The molecule has 148 valence electrons. The van der Waals surface area contributed by atoms with Gasteiger partial charge in [-0.1, -0.05) is 83.5 Å². The molecule has 0 aliphatic rings. The van der Waals surface area contributed by atoms with Crippen LogP contribution in [0.1, 0.15) is 77.0 Å². The molecule has 0 aromatic heterocycles. The van der Waals surface area contributed by atoms with Crippen molar-refractivity contribution in [3.8, 4) is 11.1 Å². The van der Waals surface area contributed by atoms with E-state index < -0.39 is 11.9 Å². The lowest BCUT2D eigenvalue weighted by atomic mass is 9.89. The summed E-state index contributed by atoms with van der Waals surface area (Å²) in [7, 11) is 0. The van der Waals surface area contributed by atoms with Crippen LogP contribution in [-0.2, 0) is 11.2 Å². The van der Waals surface area contributed by atoms with Crippen LogP contribution in [-0.4, -0.2) is 11.1 Å². The number of carbonyl (C=O) groups is 1. The first-order chi connectivity index (χ1) is 12.5. The summed E-state index contributed by atoms with van der Waals surface area (Å²) in [6.45, 7) is 14.8. The molecule has 2 aromatic rings. The number of benzene rings is 2. The third-order valence-electron chi connectivity index (χ3n) is 4.26. The van der Waals surface area contributed by atoms with E-state index in [4.69, 9.17) is 0 Å². The summed E-state index contributed by atoms with van der Waals surface area (Å²) in [5, 5.41) is 9.32. The number of carboxylic acids is 1. The largest absolute Gasteiger partial charge is 0.481 e. The number of aryl methyl sites for hydroxylation is 2. The molecule has 2 aromatic carbocycles. The Labute approximate surface area is 165 Å². The summed E-state index contributed by atoms with van der Waals surface area (Å²) in [6, 6.07) is 14.3. The summed E-state index contributed by atoms with van der Waals surface area (Å²) in [5.74, 6) is -1.29. The van der Waals surface area contributed by atoms with Crippen molar-refractivity contribution in [1.29, 1.82) is 0 Å². The average Bonchev–Trinajstić information content (AvgIpc) is 2.59. The molecule has 2 rings (SSSR count). The molecule has 0 aliphatic carbocycles. The molecule has 0 saturated carbocycles. The van der Waals surface area contributed by atoms with Gasteiger partial charge < -0.3 is 5.11 Å². The molecule has 2 heteroatoms. The van der Waals surface area contributed by atoms with Gasteiger partial charge >= 0.3 is 5.97 Å². The van der Waals surface area contributed by atoms with Crippen molar-refractivity contribution >= 4 is 5.97 Å². The van der Waals surface area contributed by atoms with Crippen LogP contribution in [0.5, 0.6) is 0 Å². The van der Waals surface area contributed by atoms with Crippen molar-refractivity contribution < 1.29 is 9.90 Å². The molecule has 0 heterocycles. The summed E-state index contributed by atoms with van der Waals surface area (Å²) in [4.78, 5) is 11.3. The fourth-order valence-electron chi connectivity index (χ4n) is 2.75. The molecule has 0 radical (unpaired) electrons. The number of aliphatic carboxylic acids is 1. The summed E-state index contributed by atoms with van der Waals surface area (Å²) >= 11 is 0. The van der Waals surface area contributed by atoms with Gasteiger partial charge in [0.05, 0.1) is 5.92 Å². The number of unbranched alkanes of at least 4 members (excludes halogenated alkanes) is 1. The molecule has 0 spiro atoms. The number of carboxylic acid groups (broad SMARTS) is 1. The summed E-state index contributed by atoms with van der Waals surface area (Å²) < 4.78 is 0. The first kappa shape index (κ1) is 23.0. The van der Waals surface area contributed by atoms with Crippen molar-refractivity contribution in [3.63, 3.8) is 0 Å². The number of hydrogen-bond acceptors (Lipinski definition) is 1. The van der Waals surface area contributed by atoms with E-state index in [0.29, 0.717) is 5.41 Å². The lowest BCUT2D eigenvalue weighted by Crippen LogP contribution is -2.08. The maximum Gasteiger partial charge on any atom is 0.310 e. The third kappa shape index (κ3) is 7.99. The van der Waals surface area contributed by atoms with Crippen LogP contribution in [0.2, 0.25) is 0 Å². The fourth-order valence-corrected chi connectivity index (χ4v) is 2.75. The van der Waals surface area contributed by atoms with E-state index in [0.717, 1.165) is 23.1 Å². The molecule has 1 unspecified atom stereocenters. The lowest BCUT2D eigenvalue weighted by Gasteiger charge is -2.15. The Morgan fingerprint density at radius 3 is 2.22 bits per heavy atom. The molecule has 0 saturated heterocycles. The van der Waals surface area contributed by atoms with E-state index in [9.17, 15) is 9.90 Å². The molecule has 1 atom stereocenters. The highest BCUT2D eigenvalue weighted by Crippen LogP contribution is 2.31. The second-order valence-electron chi connectivity index (χ2n) is 8.89. The van der Waals surface area contributed by atoms with Gasteiger partial charge in [0.15, 0.2) is 0 Å². The van der Waals surface area contributed by atoms with Crippen LogP contribution < -0.4 is 0 Å². The van der Waals surface area contributed by atoms with Crippen molar-refractivity contribution in [3.05, 3.63) is 59.2 Å². The highest BCUT2D eigenvalue weighted by molar-refractivity contribution is 5.81. The first-order valence-corrected chi connectivity index (χ1v) is 9.96. The summed E-state index contributed by atoms with van der Waals surface area (Å²) in [6.07, 6.45) is 3.43. The van der Waals surface area contributed by atoms with Crippen LogP contribution in [0.3, 0.4) is 0 Å². The van der Waals surface area contributed by atoms with Crippen LogP contribution in [0.25, 0.3) is 11.1 Å². The molecule has 1 N–H and O–H groups in total. The highest BCUT2D eigenvalue weighted by Gasteiger charge is 2.18. The van der Waals surface area contributed by atoms with Gasteiger partial charge in [0.2, 0.25) is 0 Å². The minimum absolute atomic E-state index is 0.500. The monoisotopic (exact) mass is 368 g/mol. The quantitative estimate of drug-likeness (QED) is 0.583. The Morgan fingerprint density at radius 1 is 1.07 bits per heavy atom. The van der Waals surface area contributed by atoms with Crippen molar-refractivity contribution in [2.75, 3.05) is 0 Å². The molecule has 0 bridgehead atoms. The molecule has 0 amide bonds. The van der Waals surface area contributed by atoms with Crippen molar-refractivity contribution in [1.82, 2.24) is 0 Å². The van der Waals surface area contributed by atoms with Crippen LogP contribution in [0.15, 0.2) is 42.5 Å². The zero-order chi connectivity index (χ0) is 20.6. The zero-order valence-corrected chi connectivity index (χ0v) is 18.1. The normalized spacial score (nSPS) is 12.1. The van der Waals surface area contributed by atoms with Gasteiger partial charge in [0.1, 0.15) is 0 Å². The van der Waals surface area contributed by atoms with E-state index >= 15 is 0 Å². The van der Waals surface area contributed by atoms with Crippen LogP contribution in [0, 0.1) is 12.3 Å². The molecule has 2 nitrogen and oxygen atoms in total. The third-order valence-corrected chi connectivity index (χ3v) is 4.26. The lowest BCUT2D eigenvalue weighted by molar-refractivity contribution is -0.138. The van der Waals surface area contributed by atoms with E-state index in [1.54, 1.807) is 6.92 Å². The molecule has 0 aliphatic heterocycles. The predicted molar refractivity (Wildman–Crippen MR) is 116 cm³/mol. The Hall–Kier alpha value is -2.09. The van der Waals surface area contributed by atoms with Gasteiger partial charge in [0.25, 0.3) is 0 Å². The van der Waals surface area contributed by atoms with Crippen LogP contribution in [0.4, 0.5) is 0 Å². The second-order valence-corrected chi connectivity index (χ2v) is 8.89. The Kier molecular flexibility index (Phi) is 8.75. The standard InChI is InChI=1S/C20H24O2.C5H12/c1-4-5-8-16-13-17(12-11-14(16)2)19-10-7-6-9-18(19)15(3)20(21)22;1-5(2,3)4/h6-7,9-13,15H,4-5,8H2,1-3H3,(H,21,22);1-4H3. The van der Waals surface area contributed by atoms with E-state index in [2.05, 4.69) is 59.7 Å². The van der Waals surface area contributed by atoms with E-state index in [1.807, 2.05) is 24.3 Å². The van der Waals surface area contributed by atoms with E-state index in [-0.39, 0.29) is 0 Å². The molecule has 27 heavy (non-hydrogen) atoms. The fraction of sp³-hybridized carbons (Fsp3) is 0.480. The van der Waals surface area contributed by atoms with Crippen molar-refractivity contribution in [2.24, 2.45) is 5.41 Å². The SMILES string of the molecule is CC(C)(C)C.CCCCc1cc(-c2ccccc2C(C)C(=O)O)ccc1C. The van der Waals surface area contributed by atoms with Gasteiger partial charge in [-0.2, -0.15) is 0 Å². The Bertz CT molecular complexity index is 732. The minimum Gasteiger partial charge on any atom is -0.481 e. The molecular weight excluding hydrogens is 332 g/mol. The van der Waals surface area contributed by atoms with Crippen LogP contribution >= 0.6 is 0 Å². The van der Waals surface area contributed by atoms with Gasteiger partial charge in [-0.05, 0) is 59.9 Å². The van der Waals surface area contributed by atoms with Gasteiger partial charge in [-0.3, -0.25) is 4.79 Å². The first-order valence-electron chi connectivity index (χ1n) is 9.96. The van der Waals surface area contributed by atoms with E-state index in [1.165, 1.54) is 24.0 Å². The summed E-state index contributed by atoms with van der Waals surface area (Å²) in [5.41, 5.74) is 6.17. The maximum atomic E-state index is 11.3. The molecular formula is C25H36O2. The van der Waals surface area contributed by atoms with Gasteiger partial charge in [0, 0.05) is 0 Å². The second kappa shape index (κ2) is 10.3.